The molecule has 0 aromatic heterocycles. The number of ether oxygens (including phenoxy) is 2. The highest BCUT2D eigenvalue weighted by molar-refractivity contribution is 6.00. The third-order valence-corrected chi connectivity index (χ3v) is 4.04. The summed E-state index contributed by atoms with van der Waals surface area (Å²) >= 11 is 0. The molecule has 0 spiro atoms. The van der Waals surface area contributed by atoms with Crippen LogP contribution in [0, 0.1) is 5.92 Å². The van der Waals surface area contributed by atoms with Gasteiger partial charge in [0.2, 0.25) is 0 Å². The number of hydrogen-bond acceptors (Lipinski definition) is 4. The molecule has 118 valence electrons. The van der Waals surface area contributed by atoms with E-state index in [1.54, 1.807) is 6.08 Å². The van der Waals surface area contributed by atoms with Crippen LogP contribution < -0.4 is 0 Å². The minimum absolute atomic E-state index is 0.128. The van der Waals surface area contributed by atoms with Gasteiger partial charge in [-0.2, -0.15) is 0 Å². The Morgan fingerprint density at radius 3 is 2.78 bits per heavy atom. The largest absolute Gasteiger partial charge is 0.468 e. The van der Waals surface area contributed by atoms with Gasteiger partial charge in [0.25, 0.3) is 0 Å². The standard InChI is InChI=1S/C19H18O4/c1-22-19(21)18-16(20)10-11-23-17(18)9-7-13-6-8-14-4-2-3-5-15(14)12-13/h2-9,12,17-18H,10-11H2,1H3/b9-7+/t17-,18+/m1/s1. The molecule has 0 bridgehead atoms. The fourth-order valence-corrected chi connectivity index (χ4v) is 2.81. The summed E-state index contributed by atoms with van der Waals surface area (Å²) in [6, 6.07) is 14.2. The first-order chi connectivity index (χ1) is 11.2. The Morgan fingerprint density at radius 1 is 1.22 bits per heavy atom. The highest BCUT2D eigenvalue weighted by atomic mass is 16.5. The van der Waals surface area contributed by atoms with Crippen molar-refractivity contribution in [1.82, 2.24) is 0 Å². The summed E-state index contributed by atoms with van der Waals surface area (Å²) in [5.74, 6) is -1.54. The first-order valence-corrected chi connectivity index (χ1v) is 7.58. The third-order valence-electron chi connectivity index (χ3n) is 4.04. The number of hydrogen-bond donors (Lipinski definition) is 0. The van der Waals surface area contributed by atoms with Crippen molar-refractivity contribution in [1.29, 1.82) is 0 Å². The molecular formula is C19H18O4. The molecule has 23 heavy (non-hydrogen) atoms. The lowest BCUT2D eigenvalue weighted by atomic mass is 9.92. The Bertz CT molecular complexity index is 755. The van der Waals surface area contributed by atoms with Gasteiger partial charge in [-0.3, -0.25) is 9.59 Å². The molecule has 4 heteroatoms. The summed E-state index contributed by atoms with van der Waals surface area (Å²) in [5, 5.41) is 2.31. The Balaban J connectivity index is 1.84. The van der Waals surface area contributed by atoms with Crippen LogP contribution in [0.25, 0.3) is 16.8 Å². The van der Waals surface area contributed by atoms with Gasteiger partial charge in [0.1, 0.15) is 5.92 Å². The molecule has 0 saturated carbocycles. The average Bonchev–Trinajstić information content (AvgIpc) is 2.59. The van der Waals surface area contributed by atoms with E-state index < -0.39 is 18.0 Å². The van der Waals surface area contributed by atoms with Gasteiger partial charge < -0.3 is 9.47 Å². The second kappa shape index (κ2) is 6.75. The zero-order chi connectivity index (χ0) is 16.2. The summed E-state index contributed by atoms with van der Waals surface area (Å²) in [6.45, 7) is 0.332. The quantitative estimate of drug-likeness (QED) is 0.646. The molecule has 0 aliphatic carbocycles. The van der Waals surface area contributed by atoms with Gasteiger partial charge in [-0.05, 0) is 22.4 Å². The van der Waals surface area contributed by atoms with Gasteiger partial charge in [-0.1, -0.05) is 48.6 Å². The molecule has 1 aliphatic rings. The lowest BCUT2D eigenvalue weighted by Gasteiger charge is -2.26. The van der Waals surface area contributed by atoms with Crippen molar-refractivity contribution in [3.05, 3.63) is 54.1 Å². The lowest BCUT2D eigenvalue weighted by molar-refractivity contribution is -0.158. The molecule has 3 rings (SSSR count). The molecule has 2 atom stereocenters. The molecule has 1 aliphatic heterocycles. The normalized spacial score (nSPS) is 21.7. The fourth-order valence-electron chi connectivity index (χ4n) is 2.81. The molecule has 0 N–H and O–H groups in total. The molecule has 1 heterocycles. The van der Waals surface area contributed by atoms with Gasteiger partial charge in [0, 0.05) is 6.42 Å². The molecule has 2 aromatic carbocycles. The molecule has 0 radical (unpaired) electrons. The van der Waals surface area contributed by atoms with E-state index in [1.807, 2.05) is 36.4 Å². The van der Waals surface area contributed by atoms with E-state index in [0.29, 0.717) is 6.61 Å². The lowest BCUT2D eigenvalue weighted by Crippen LogP contribution is -2.41. The highest BCUT2D eigenvalue weighted by Gasteiger charge is 2.37. The number of Topliss-reactive ketones (excluding diaryl/α,β-unsaturated/α-hetero) is 1. The minimum Gasteiger partial charge on any atom is -0.468 e. The smallest absolute Gasteiger partial charge is 0.319 e. The number of methoxy groups -OCH3 is 1. The summed E-state index contributed by atoms with van der Waals surface area (Å²) < 4.78 is 10.3. The zero-order valence-corrected chi connectivity index (χ0v) is 12.9. The van der Waals surface area contributed by atoms with Crippen molar-refractivity contribution < 1.29 is 19.1 Å². The number of rotatable bonds is 3. The topological polar surface area (TPSA) is 52.6 Å². The van der Waals surface area contributed by atoms with Crippen molar-refractivity contribution in [3.8, 4) is 0 Å². The second-order valence-corrected chi connectivity index (χ2v) is 5.52. The molecule has 4 nitrogen and oxygen atoms in total. The van der Waals surface area contributed by atoms with Crippen LogP contribution in [0.5, 0.6) is 0 Å². The Kier molecular flexibility index (Phi) is 4.53. The van der Waals surface area contributed by atoms with Crippen LogP contribution in [0.1, 0.15) is 12.0 Å². The molecule has 1 saturated heterocycles. The predicted octanol–water partition coefficient (Wildman–Crippen LogP) is 3.00. The first-order valence-electron chi connectivity index (χ1n) is 7.58. The number of benzene rings is 2. The zero-order valence-electron chi connectivity index (χ0n) is 12.9. The second-order valence-electron chi connectivity index (χ2n) is 5.52. The summed E-state index contributed by atoms with van der Waals surface area (Å²) in [4.78, 5) is 23.8. The summed E-state index contributed by atoms with van der Waals surface area (Å²) in [6.07, 6.45) is 3.32. The van der Waals surface area contributed by atoms with Crippen LogP contribution >= 0.6 is 0 Å². The predicted molar refractivity (Wildman–Crippen MR) is 87.9 cm³/mol. The maximum atomic E-state index is 12.0. The number of esters is 1. The maximum absolute atomic E-state index is 12.0. The molecule has 1 fully saturated rings. The number of carbonyl (C=O) groups excluding carboxylic acids is 2. The highest BCUT2D eigenvalue weighted by Crippen LogP contribution is 2.22. The van der Waals surface area contributed by atoms with E-state index in [-0.39, 0.29) is 12.2 Å². The van der Waals surface area contributed by atoms with Crippen molar-refractivity contribution in [3.63, 3.8) is 0 Å². The van der Waals surface area contributed by atoms with Crippen LogP contribution in [0.15, 0.2) is 48.5 Å². The van der Waals surface area contributed by atoms with Gasteiger partial charge in [0.05, 0.1) is 19.8 Å². The van der Waals surface area contributed by atoms with Crippen molar-refractivity contribution in [2.45, 2.75) is 12.5 Å². The van der Waals surface area contributed by atoms with E-state index in [4.69, 9.17) is 9.47 Å². The van der Waals surface area contributed by atoms with E-state index in [9.17, 15) is 9.59 Å². The number of ketones is 1. The summed E-state index contributed by atoms with van der Waals surface area (Å²) in [7, 11) is 1.29. The Hall–Kier alpha value is -2.46. The van der Waals surface area contributed by atoms with Crippen LogP contribution in [-0.2, 0) is 19.1 Å². The molecule has 0 amide bonds. The van der Waals surface area contributed by atoms with Crippen LogP contribution in [-0.4, -0.2) is 31.6 Å². The van der Waals surface area contributed by atoms with Crippen LogP contribution in [0.4, 0.5) is 0 Å². The third kappa shape index (κ3) is 3.32. The summed E-state index contributed by atoms with van der Waals surface area (Å²) in [5.41, 5.74) is 0.994. The van der Waals surface area contributed by atoms with E-state index in [1.165, 1.54) is 12.5 Å². The maximum Gasteiger partial charge on any atom is 0.319 e. The van der Waals surface area contributed by atoms with Gasteiger partial charge in [-0.15, -0.1) is 0 Å². The van der Waals surface area contributed by atoms with Gasteiger partial charge in [0.15, 0.2) is 5.78 Å². The Morgan fingerprint density at radius 2 is 2.00 bits per heavy atom. The molecule has 0 unspecified atom stereocenters. The molecule has 2 aromatic rings. The van der Waals surface area contributed by atoms with Crippen molar-refractivity contribution in [2.75, 3.05) is 13.7 Å². The monoisotopic (exact) mass is 310 g/mol. The first kappa shape index (κ1) is 15.4. The number of carbonyl (C=O) groups is 2. The van der Waals surface area contributed by atoms with E-state index in [0.717, 1.165) is 10.9 Å². The van der Waals surface area contributed by atoms with Crippen LogP contribution in [0.2, 0.25) is 0 Å². The van der Waals surface area contributed by atoms with E-state index >= 15 is 0 Å². The van der Waals surface area contributed by atoms with Crippen molar-refractivity contribution in [2.24, 2.45) is 5.92 Å². The van der Waals surface area contributed by atoms with Crippen molar-refractivity contribution >= 4 is 28.6 Å². The average molecular weight is 310 g/mol. The Labute approximate surface area is 134 Å². The van der Waals surface area contributed by atoms with Gasteiger partial charge in [-0.25, -0.2) is 0 Å². The minimum atomic E-state index is -0.870. The SMILES string of the molecule is COC(=O)[C@H]1C(=O)CCO[C@@H]1/C=C/c1ccc2ccccc2c1. The van der Waals surface area contributed by atoms with E-state index in [2.05, 4.69) is 12.1 Å². The van der Waals surface area contributed by atoms with Crippen LogP contribution in [0.3, 0.4) is 0 Å². The number of fused-ring (bicyclic) bond motifs is 1. The molecular weight excluding hydrogens is 292 g/mol. The van der Waals surface area contributed by atoms with Gasteiger partial charge >= 0.3 is 5.97 Å². The fraction of sp³-hybridized carbons (Fsp3) is 0.263.